The molecule has 0 bridgehead atoms. The molecule has 3 aromatic heterocycles. The van der Waals surface area contributed by atoms with Crippen LogP contribution in [0.1, 0.15) is 17.1 Å². The molecule has 6 aromatic carbocycles. The number of aryl methyl sites for hydroxylation is 3. The van der Waals surface area contributed by atoms with Gasteiger partial charge >= 0.3 is 0 Å². The van der Waals surface area contributed by atoms with Gasteiger partial charge in [-0.1, -0.05) is 200 Å². The molecule has 0 amide bonds. The van der Waals surface area contributed by atoms with Gasteiger partial charge in [0.2, 0.25) is 0 Å². The summed E-state index contributed by atoms with van der Waals surface area (Å²) >= 11 is 0. The van der Waals surface area contributed by atoms with Crippen LogP contribution in [-0.4, -0.2) is 40.2 Å². The number of nitrogens with zero attached hydrogens (tertiary/aromatic N) is 3. The summed E-state index contributed by atoms with van der Waals surface area (Å²) in [4.78, 5) is 21.3. The third-order valence-corrected chi connectivity index (χ3v) is 17.9. The summed E-state index contributed by atoms with van der Waals surface area (Å²) < 4.78 is 0. The molecule has 0 N–H and O–H groups in total. The first-order valence-corrected chi connectivity index (χ1v) is 26.5. The van der Waals surface area contributed by atoms with Gasteiger partial charge < -0.3 is 4.79 Å². The maximum Gasteiger partial charge on any atom is 0.106 e. The van der Waals surface area contributed by atoms with E-state index in [9.17, 15) is 0 Å². The number of carbonyl (C=O) groups is 1. The molecule has 0 spiro atoms. The summed E-state index contributed by atoms with van der Waals surface area (Å²) in [5.41, 5.74) is 3.53. The molecule has 0 aliphatic rings. The number of aromatic nitrogens is 3. The number of pyridine rings is 3. The fourth-order valence-electron chi connectivity index (χ4n) is 7.19. The number of benzene rings is 6. The zero-order chi connectivity index (χ0) is 45.0. The number of carbonyl (C=O) groups excluding carboxylic acids is 1. The van der Waals surface area contributed by atoms with Crippen LogP contribution < -0.4 is 31.8 Å². The van der Waals surface area contributed by atoms with Gasteiger partial charge in [-0.25, -0.2) is 0 Å². The zero-order valence-electron chi connectivity index (χ0n) is 37.1. The summed E-state index contributed by atoms with van der Waals surface area (Å²) in [6.07, 6.45) is 12.1. The summed E-state index contributed by atoms with van der Waals surface area (Å²) in [5, 5.41) is 8.64. The van der Waals surface area contributed by atoms with Gasteiger partial charge in [-0.2, -0.15) is 0 Å². The van der Waals surface area contributed by atoms with Gasteiger partial charge in [0, 0.05) is 55.2 Å². The van der Waals surface area contributed by atoms with Crippen LogP contribution in [0.25, 0.3) is 0 Å². The standard InChI is InChI=1S/3C19H18NP.CH2O.Rh/c3*1-3-10-18(11-4-1)21(19-12-5-2-6-13-19)16-14-17-9-7-8-15-20-17;1-2;/h3*1-13,15H,14,16H2;1H2;. The van der Waals surface area contributed by atoms with Gasteiger partial charge in [-0.3, -0.25) is 15.0 Å². The second kappa shape index (κ2) is 30.5. The molecule has 1 radical (unpaired) electrons. The smallest absolute Gasteiger partial charge is 0.106 e. The largest absolute Gasteiger partial charge is 0.307 e. The summed E-state index contributed by atoms with van der Waals surface area (Å²) in [6, 6.07) is 83.5. The number of rotatable bonds is 15. The monoisotopic (exact) mass is 1010 g/mol. The summed E-state index contributed by atoms with van der Waals surface area (Å²) in [6.45, 7) is 2.00. The molecular weight excluding hydrogens is 950 g/mol. The van der Waals surface area contributed by atoms with E-state index in [2.05, 4.69) is 233 Å². The molecule has 0 saturated carbocycles. The fraction of sp³-hybridized carbons (Fsp3) is 0.103. The molecule has 0 atom stereocenters. The van der Waals surface area contributed by atoms with E-state index in [1.54, 1.807) is 0 Å². The average Bonchev–Trinajstić information content (AvgIpc) is 3.40. The van der Waals surface area contributed by atoms with E-state index < -0.39 is 0 Å². The second-order valence-corrected chi connectivity index (χ2v) is 21.7. The zero-order valence-corrected chi connectivity index (χ0v) is 41.4. The Hall–Kier alpha value is -5.65. The Kier molecular flexibility index (Phi) is 23.8. The predicted molar refractivity (Wildman–Crippen MR) is 283 cm³/mol. The summed E-state index contributed by atoms with van der Waals surface area (Å²) in [5.74, 6) is 0. The van der Waals surface area contributed by atoms with Crippen LogP contribution in [0.4, 0.5) is 0 Å². The van der Waals surface area contributed by atoms with Crippen LogP contribution in [0.5, 0.6) is 0 Å². The van der Waals surface area contributed by atoms with Crippen molar-refractivity contribution in [2.45, 2.75) is 19.3 Å². The maximum absolute atomic E-state index is 8.00. The van der Waals surface area contributed by atoms with Gasteiger partial charge in [0.1, 0.15) is 6.79 Å². The Morgan fingerprint density at radius 3 is 0.621 bits per heavy atom. The molecule has 3 heterocycles. The quantitative estimate of drug-likeness (QED) is 0.0759. The third kappa shape index (κ3) is 17.3. The molecule has 333 valence electrons. The van der Waals surface area contributed by atoms with E-state index >= 15 is 0 Å². The fourth-order valence-corrected chi connectivity index (χ4v) is 14.2. The van der Waals surface area contributed by atoms with Crippen LogP contribution in [-0.2, 0) is 43.5 Å². The van der Waals surface area contributed by atoms with E-state index in [0.29, 0.717) is 0 Å². The first kappa shape index (κ1) is 51.3. The molecule has 4 nitrogen and oxygen atoms in total. The van der Waals surface area contributed by atoms with Crippen molar-refractivity contribution in [3.8, 4) is 0 Å². The minimum atomic E-state index is -0.315. The number of hydrogen-bond donors (Lipinski definition) is 0. The Labute approximate surface area is 409 Å². The number of hydrogen-bond acceptors (Lipinski definition) is 4. The predicted octanol–water partition coefficient (Wildman–Crippen LogP) is 11.1. The third-order valence-electron chi connectivity index (χ3n) is 10.4. The Morgan fingerprint density at radius 2 is 0.455 bits per heavy atom. The minimum Gasteiger partial charge on any atom is -0.307 e. The van der Waals surface area contributed by atoms with Gasteiger partial charge in [-0.15, -0.1) is 0 Å². The van der Waals surface area contributed by atoms with Crippen molar-refractivity contribution in [1.29, 1.82) is 0 Å². The molecule has 0 aliphatic heterocycles. The van der Waals surface area contributed by atoms with Crippen LogP contribution in [0.15, 0.2) is 255 Å². The first-order chi connectivity index (χ1) is 32.3. The Balaban J connectivity index is 0.000000181. The Bertz CT molecular complexity index is 2160. The molecule has 9 rings (SSSR count). The van der Waals surface area contributed by atoms with Gasteiger partial charge in [0.05, 0.1) is 0 Å². The second-order valence-electron chi connectivity index (χ2n) is 14.7. The summed E-state index contributed by atoms with van der Waals surface area (Å²) in [7, 11) is -0.944. The van der Waals surface area contributed by atoms with Crippen molar-refractivity contribution in [1.82, 2.24) is 15.0 Å². The molecule has 0 fully saturated rings. The van der Waals surface area contributed by atoms with Crippen molar-refractivity contribution in [3.63, 3.8) is 0 Å². The molecular formula is C58H56N3OP3Rh. The minimum absolute atomic E-state index is 0. The van der Waals surface area contributed by atoms with Crippen molar-refractivity contribution < 1.29 is 24.3 Å². The van der Waals surface area contributed by atoms with E-state index in [1.807, 2.05) is 43.6 Å². The van der Waals surface area contributed by atoms with Gasteiger partial charge in [0.15, 0.2) is 0 Å². The first-order valence-electron chi connectivity index (χ1n) is 21.9. The van der Waals surface area contributed by atoms with E-state index in [-0.39, 0.29) is 43.2 Å². The SMILES string of the molecule is C=O.[Rh].c1ccc(P(CCc2ccccn2)c2ccccc2)cc1.c1ccc(P(CCc2ccccn2)c2ccccc2)cc1.c1ccc(P(CCc2ccccn2)c2ccccc2)cc1. The van der Waals surface area contributed by atoms with Crippen molar-refractivity contribution in [2.24, 2.45) is 0 Å². The molecule has 0 aliphatic carbocycles. The van der Waals surface area contributed by atoms with Crippen LogP contribution in [0, 0.1) is 0 Å². The average molecular weight is 1010 g/mol. The molecule has 66 heavy (non-hydrogen) atoms. The Morgan fingerprint density at radius 1 is 0.273 bits per heavy atom. The van der Waals surface area contributed by atoms with Crippen molar-refractivity contribution >= 4 is 62.4 Å². The topological polar surface area (TPSA) is 55.7 Å². The van der Waals surface area contributed by atoms with Crippen molar-refractivity contribution in [2.75, 3.05) is 18.5 Å². The normalized spacial score (nSPS) is 10.3. The van der Waals surface area contributed by atoms with Gasteiger partial charge in [-0.05, 0) is 130 Å². The van der Waals surface area contributed by atoms with E-state index in [0.717, 1.165) is 37.7 Å². The molecule has 0 saturated heterocycles. The molecule has 8 heteroatoms. The van der Waals surface area contributed by atoms with Gasteiger partial charge in [0.25, 0.3) is 0 Å². The van der Waals surface area contributed by atoms with Crippen LogP contribution >= 0.6 is 23.8 Å². The molecule has 9 aromatic rings. The van der Waals surface area contributed by atoms with E-state index in [1.165, 1.54) is 48.9 Å². The maximum atomic E-state index is 8.00. The molecule has 0 unspecified atom stereocenters. The van der Waals surface area contributed by atoms with Crippen molar-refractivity contribution in [3.05, 3.63) is 272 Å². The van der Waals surface area contributed by atoms with Crippen LogP contribution in [0.3, 0.4) is 0 Å². The van der Waals surface area contributed by atoms with E-state index in [4.69, 9.17) is 4.79 Å². The van der Waals surface area contributed by atoms with Crippen LogP contribution in [0.2, 0.25) is 0 Å².